The second-order valence-corrected chi connectivity index (χ2v) is 7.11. The molecule has 1 N–H and O–H groups in total. The zero-order valence-electron chi connectivity index (χ0n) is 16.7. The van der Waals surface area contributed by atoms with Gasteiger partial charge in [-0.25, -0.2) is 0 Å². The molecule has 1 atom stereocenters. The summed E-state index contributed by atoms with van der Waals surface area (Å²) in [4.78, 5) is 15.0. The number of ether oxygens (including phenoxy) is 2. The fraction of sp³-hybridized carbons (Fsp3) is 0.381. The quantitative estimate of drug-likeness (QED) is 0.690. The number of aromatic nitrogens is 3. The first-order chi connectivity index (χ1) is 14.2. The summed E-state index contributed by atoms with van der Waals surface area (Å²) >= 11 is 0. The van der Waals surface area contributed by atoms with Gasteiger partial charge in [0.05, 0.1) is 20.1 Å². The number of nitrogens with one attached hydrogen (secondary N) is 1. The summed E-state index contributed by atoms with van der Waals surface area (Å²) in [6.45, 7) is 1.91. The highest BCUT2D eigenvalue weighted by Crippen LogP contribution is 2.25. The number of pyridine rings is 1. The lowest BCUT2D eigenvalue weighted by molar-refractivity contribution is -0.125. The van der Waals surface area contributed by atoms with Gasteiger partial charge in [0.1, 0.15) is 11.5 Å². The van der Waals surface area contributed by atoms with Crippen molar-refractivity contribution in [1.29, 1.82) is 0 Å². The molecule has 1 fully saturated rings. The minimum absolute atomic E-state index is 0.0430. The van der Waals surface area contributed by atoms with E-state index >= 15 is 0 Å². The third-order valence-corrected chi connectivity index (χ3v) is 5.32. The molecule has 1 amide bonds. The van der Waals surface area contributed by atoms with Crippen molar-refractivity contribution < 1.29 is 14.3 Å². The van der Waals surface area contributed by atoms with Crippen molar-refractivity contribution in [2.75, 3.05) is 32.2 Å². The van der Waals surface area contributed by atoms with Gasteiger partial charge in [-0.15, -0.1) is 10.2 Å². The summed E-state index contributed by atoms with van der Waals surface area (Å²) in [6, 6.07) is 11.4. The molecule has 3 heterocycles. The van der Waals surface area contributed by atoms with Gasteiger partial charge in [0, 0.05) is 37.5 Å². The number of hydrogen-bond donors (Lipinski definition) is 1. The van der Waals surface area contributed by atoms with E-state index in [4.69, 9.17) is 9.47 Å². The predicted octanol–water partition coefficient (Wildman–Crippen LogP) is 2.28. The second kappa shape index (κ2) is 8.38. The molecule has 0 saturated carbocycles. The fourth-order valence-electron chi connectivity index (χ4n) is 3.74. The maximum absolute atomic E-state index is 12.8. The third kappa shape index (κ3) is 3.96. The zero-order valence-corrected chi connectivity index (χ0v) is 16.7. The van der Waals surface area contributed by atoms with Crippen molar-refractivity contribution in [2.45, 2.75) is 19.4 Å². The van der Waals surface area contributed by atoms with E-state index in [9.17, 15) is 4.79 Å². The molecule has 0 unspecified atom stereocenters. The number of hydrogen-bond acceptors (Lipinski definition) is 6. The van der Waals surface area contributed by atoms with Gasteiger partial charge in [-0.2, -0.15) is 0 Å². The molecule has 1 aliphatic rings. The van der Waals surface area contributed by atoms with E-state index in [0.717, 1.165) is 42.3 Å². The van der Waals surface area contributed by atoms with E-state index in [1.165, 1.54) is 0 Å². The summed E-state index contributed by atoms with van der Waals surface area (Å²) in [7, 11) is 3.23. The van der Waals surface area contributed by atoms with Gasteiger partial charge in [0.25, 0.3) is 0 Å². The largest absolute Gasteiger partial charge is 0.497 e. The first-order valence-corrected chi connectivity index (χ1v) is 9.73. The van der Waals surface area contributed by atoms with Crippen LogP contribution in [0.4, 0.5) is 5.95 Å². The number of carbonyl (C=O) groups excluding carboxylic acids is 1. The van der Waals surface area contributed by atoms with Crippen LogP contribution in [-0.2, 0) is 11.3 Å². The van der Waals surface area contributed by atoms with Crippen LogP contribution in [0.1, 0.15) is 18.4 Å². The number of piperidine rings is 1. The van der Waals surface area contributed by atoms with Gasteiger partial charge in [0.2, 0.25) is 11.9 Å². The van der Waals surface area contributed by atoms with E-state index in [-0.39, 0.29) is 11.8 Å². The molecule has 152 valence electrons. The van der Waals surface area contributed by atoms with Crippen LogP contribution in [0.5, 0.6) is 11.5 Å². The van der Waals surface area contributed by atoms with Crippen LogP contribution in [0.25, 0.3) is 5.65 Å². The molecule has 8 nitrogen and oxygen atoms in total. The monoisotopic (exact) mass is 395 g/mol. The zero-order chi connectivity index (χ0) is 20.2. The Kier molecular flexibility index (Phi) is 5.50. The van der Waals surface area contributed by atoms with E-state index in [1.54, 1.807) is 14.2 Å². The maximum atomic E-state index is 12.8. The van der Waals surface area contributed by atoms with Crippen LogP contribution < -0.4 is 19.7 Å². The smallest absolute Gasteiger partial charge is 0.231 e. The highest BCUT2D eigenvalue weighted by atomic mass is 16.5. The Labute approximate surface area is 169 Å². The standard InChI is InChI=1S/C21H25N5O3/c1-28-17-9-8-15(18(12-17)29-2)13-22-20(27)16-6-5-10-25(14-16)21-24-23-19-7-3-4-11-26(19)21/h3-4,7-9,11-12,16H,5-6,10,13-14H2,1-2H3,(H,22,27)/t16-/m0/s1. The molecule has 0 aliphatic carbocycles. The van der Waals surface area contributed by atoms with Crippen LogP contribution in [0.2, 0.25) is 0 Å². The van der Waals surface area contributed by atoms with Crippen molar-refractivity contribution >= 4 is 17.5 Å². The van der Waals surface area contributed by atoms with Gasteiger partial charge >= 0.3 is 0 Å². The fourth-order valence-corrected chi connectivity index (χ4v) is 3.74. The molecule has 1 aromatic carbocycles. The van der Waals surface area contributed by atoms with Gasteiger partial charge in [-0.3, -0.25) is 9.20 Å². The number of rotatable bonds is 6. The molecule has 0 radical (unpaired) electrons. The Bertz CT molecular complexity index is 1000. The van der Waals surface area contributed by atoms with E-state index < -0.39 is 0 Å². The summed E-state index contributed by atoms with van der Waals surface area (Å²) in [5, 5.41) is 11.6. The molecular weight excluding hydrogens is 370 g/mol. The first kappa shape index (κ1) is 19.0. The normalized spacial score (nSPS) is 16.6. The molecule has 29 heavy (non-hydrogen) atoms. The number of fused-ring (bicyclic) bond motifs is 1. The predicted molar refractivity (Wildman–Crippen MR) is 109 cm³/mol. The average molecular weight is 395 g/mol. The number of methoxy groups -OCH3 is 2. The van der Waals surface area contributed by atoms with Gasteiger partial charge in [-0.05, 0) is 37.1 Å². The number of benzene rings is 1. The first-order valence-electron chi connectivity index (χ1n) is 9.73. The number of amides is 1. The molecule has 8 heteroatoms. The number of carbonyl (C=O) groups is 1. The Morgan fingerprint density at radius 1 is 1.21 bits per heavy atom. The average Bonchev–Trinajstić information content (AvgIpc) is 3.21. The molecule has 0 spiro atoms. The molecule has 1 saturated heterocycles. The van der Waals surface area contributed by atoms with Crippen molar-refractivity contribution in [3.8, 4) is 11.5 Å². The Morgan fingerprint density at radius 2 is 2.10 bits per heavy atom. The van der Waals surface area contributed by atoms with Crippen LogP contribution in [0, 0.1) is 5.92 Å². The minimum Gasteiger partial charge on any atom is -0.497 e. The van der Waals surface area contributed by atoms with Crippen LogP contribution in [0.3, 0.4) is 0 Å². The molecule has 1 aliphatic heterocycles. The minimum atomic E-state index is -0.0935. The highest BCUT2D eigenvalue weighted by Gasteiger charge is 2.28. The van der Waals surface area contributed by atoms with Gasteiger partial charge < -0.3 is 19.7 Å². The van der Waals surface area contributed by atoms with Crippen molar-refractivity contribution in [1.82, 2.24) is 19.9 Å². The molecular formula is C21H25N5O3. The maximum Gasteiger partial charge on any atom is 0.231 e. The third-order valence-electron chi connectivity index (χ3n) is 5.32. The second-order valence-electron chi connectivity index (χ2n) is 7.11. The summed E-state index contributed by atoms with van der Waals surface area (Å²) in [5.41, 5.74) is 1.72. The lowest BCUT2D eigenvalue weighted by Gasteiger charge is -2.32. The summed E-state index contributed by atoms with van der Waals surface area (Å²) < 4.78 is 12.6. The number of anilines is 1. The Balaban J connectivity index is 1.42. The van der Waals surface area contributed by atoms with Crippen LogP contribution in [0.15, 0.2) is 42.6 Å². The molecule has 4 rings (SSSR count). The molecule has 0 bridgehead atoms. The molecule has 2 aromatic heterocycles. The number of nitrogens with zero attached hydrogens (tertiary/aromatic N) is 4. The van der Waals surface area contributed by atoms with Crippen molar-refractivity contribution in [3.63, 3.8) is 0 Å². The van der Waals surface area contributed by atoms with Gasteiger partial charge in [0.15, 0.2) is 5.65 Å². The Morgan fingerprint density at radius 3 is 2.93 bits per heavy atom. The molecule has 3 aromatic rings. The van der Waals surface area contributed by atoms with Crippen molar-refractivity contribution in [2.24, 2.45) is 5.92 Å². The SMILES string of the molecule is COc1ccc(CNC(=O)[C@H]2CCCN(c3nnc4ccccn34)C2)c(OC)c1. The van der Waals surface area contributed by atoms with Crippen LogP contribution >= 0.6 is 0 Å². The van der Waals surface area contributed by atoms with Gasteiger partial charge in [-0.1, -0.05) is 6.07 Å². The summed E-state index contributed by atoms with van der Waals surface area (Å²) in [6.07, 6.45) is 3.74. The highest BCUT2D eigenvalue weighted by molar-refractivity contribution is 5.79. The van der Waals surface area contributed by atoms with Crippen LogP contribution in [-0.4, -0.2) is 47.8 Å². The topological polar surface area (TPSA) is 81.0 Å². The van der Waals surface area contributed by atoms with E-state index in [1.807, 2.05) is 47.0 Å². The lowest BCUT2D eigenvalue weighted by Crippen LogP contribution is -2.43. The Hall–Kier alpha value is -3.29. The van der Waals surface area contributed by atoms with E-state index in [2.05, 4.69) is 20.4 Å². The van der Waals surface area contributed by atoms with Crippen molar-refractivity contribution in [3.05, 3.63) is 48.2 Å². The van der Waals surface area contributed by atoms with E-state index in [0.29, 0.717) is 18.8 Å². The lowest BCUT2D eigenvalue weighted by atomic mass is 9.97. The summed E-state index contributed by atoms with van der Waals surface area (Å²) in [5.74, 6) is 2.16.